The van der Waals surface area contributed by atoms with Crippen LogP contribution in [0.2, 0.25) is 0 Å². The highest BCUT2D eigenvalue weighted by Gasteiger charge is 2.19. The topological polar surface area (TPSA) is 69.9 Å². The monoisotopic (exact) mass is 341 g/mol. The Labute approximate surface area is 145 Å². The van der Waals surface area contributed by atoms with Crippen molar-refractivity contribution in [1.82, 2.24) is 0 Å². The first-order valence-corrected chi connectivity index (χ1v) is 7.68. The Morgan fingerprint density at radius 2 is 1.64 bits per heavy atom. The molecule has 0 saturated heterocycles. The van der Waals surface area contributed by atoms with Crippen LogP contribution < -0.4 is 19.5 Å². The summed E-state index contributed by atoms with van der Waals surface area (Å²) in [6.45, 7) is 1.84. The molecule has 6 nitrogen and oxygen atoms in total. The minimum absolute atomic E-state index is 0.244. The standard InChI is InChI=1S/C19H19NO5/c1-11-14-9-12(22-2)5-7-16(14)25-18(11)19(21)20-15-10-13(23-3)6-8-17(15)24-4/h5-10H,1-4H3,(H,20,21). The van der Waals surface area contributed by atoms with Crippen LogP contribution in [0.15, 0.2) is 40.8 Å². The van der Waals surface area contributed by atoms with Crippen LogP contribution in [-0.4, -0.2) is 27.2 Å². The van der Waals surface area contributed by atoms with Crippen LogP contribution in [0, 0.1) is 6.92 Å². The average Bonchev–Trinajstić information content (AvgIpc) is 2.97. The average molecular weight is 341 g/mol. The fourth-order valence-electron chi connectivity index (χ4n) is 2.63. The molecule has 3 rings (SSSR count). The molecule has 0 aliphatic heterocycles. The van der Waals surface area contributed by atoms with E-state index in [-0.39, 0.29) is 11.7 Å². The Morgan fingerprint density at radius 1 is 0.960 bits per heavy atom. The Morgan fingerprint density at radius 3 is 2.32 bits per heavy atom. The number of amides is 1. The van der Waals surface area contributed by atoms with Crippen molar-refractivity contribution < 1.29 is 23.4 Å². The van der Waals surface area contributed by atoms with E-state index in [1.54, 1.807) is 44.6 Å². The lowest BCUT2D eigenvalue weighted by atomic mass is 10.1. The number of aryl methyl sites for hydroxylation is 1. The summed E-state index contributed by atoms with van der Waals surface area (Å²) in [6.07, 6.45) is 0. The van der Waals surface area contributed by atoms with Gasteiger partial charge in [0.25, 0.3) is 5.91 Å². The first-order valence-electron chi connectivity index (χ1n) is 7.68. The van der Waals surface area contributed by atoms with Crippen molar-refractivity contribution in [3.8, 4) is 17.2 Å². The van der Waals surface area contributed by atoms with Crippen LogP contribution in [-0.2, 0) is 0 Å². The fraction of sp³-hybridized carbons (Fsp3) is 0.211. The molecular formula is C19H19NO5. The second-order valence-corrected chi connectivity index (χ2v) is 5.44. The number of fused-ring (bicyclic) bond motifs is 1. The third-order valence-corrected chi connectivity index (χ3v) is 4.00. The largest absolute Gasteiger partial charge is 0.497 e. The molecule has 0 spiro atoms. The number of nitrogens with one attached hydrogen (secondary N) is 1. The van der Waals surface area contributed by atoms with Crippen molar-refractivity contribution in [2.24, 2.45) is 0 Å². The van der Waals surface area contributed by atoms with Crippen molar-refractivity contribution in [2.75, 3.05) is 26.6 Å². The molecule has 0 saturated carbocycles. The van der Waals surface area contributed by atoms with Gasteiger partial charge < -0.3 is 23.9 Å². The van der Waals surface area contributed by atoms with Gasteiger partial charge in [-0.15, -0.1) is 0 Å². The lowest BCUT2D eigenvalue weighted by molar-refractivity contribution is 0.0997. The quantitative estimate of drug-likeness (QED) is 0.759. The molecule has 25 heavy (non-hydrogen) atoms. The number of carbonyl (C=O) groups is 1. The fourth-order valence-corrected chi connectivity index (χ4v) is 2.63. The van der Waals surface area contributed by atoms with Gasteiger partial charge in [0.2, 0.25) is 0 Å². The van der Waals surface area contributed by atoms with Gasteiger partial charge in [-0.25, -0.2) is 0 Å². The minimum Gasteiger partial charge on any atom is -0.497 e. The number of rotatable bonds is 5. The zero-order valence-corrected chi connectivity index (χ0v) is 14.5. The van der Waals surface area contributed by atoms with Crippen molar-refractivity contribution in [1.29, 1.82) is 0 Å². The van der Waals surface area contributed by atoms with Crippen LogP contribution in [0.4, 0.5) is 5.69 Å². The van der Waals surface area contributed by atoms with Gasteiger partial charge in [0.05, 0.1) is 27.0 Å². The summed E-state index contributed by atoms with van der Waals surface area (Å²) in [5, 5.41) is 3.65. The number of furan rings is 1. The molecule has 1 heterocycles. The van der Waals surface area contributed by atoms with E-state index in [1.165, 1.54) is 7.11 Å². The molecule has 0 bridgehead atoms. The second kappa shape index (κ2) is 6.76. The van der Waals surface area contributed by atoms with E-state index in [9.17, 15) is 4.79 Å². The van der Waals surface area contributed by atoms with E-state index in [1.807, 2.05) is 13.0 Å². The molecule has 130 valence electrons. The predicted molar refractivity (Wildman–Crippen MR) is 95.0 cm³/mol. The summed E-state index contributed by atoms with van der Waals surface area (Å²) in [4.78, 5) is 12.7. The van der Waals surface area contributed by atoms with Gasteiger partial charge in [0, 0.05) is 17.0 Å². The number of hydrogen-bond acceptors (Lipinski definition) is 5. The molecule has 0 aliphatic carbocycles. The molecule has 1 aromatic heterocycles. The number of methoxy groups -OCH3 is 3. The van der Waals surface area contributed by atoms with Gasteiger partial charge in [-0.2, -0.15) is 0 Å². The first kappa shape index (κ1) is 16.7. The SMILES string of the molecule is COc1ccc(OC)c(NC(=O)c2oc3ccc(OC)cc3c2C)c1. The maximum Gasteiger partial charge on any atom is 0.291 e. The summed E-state index contributed by atoms with van der Waals surface area (Å²) in [6, 6.07) is 10.6. The van der Waals surface area contributed by atoms with Crippen molar-refractivity contribution >= 4 is 22.6 Å². The maximum absolute atomic E-state index is 12.7. The van der Waals surface area contributed by atoms with E-state index in [0.717, 1.165) is 10.9 Å². The molecular weight excluding hydrogens is 322 g/mol. The molecule has 0 fully saturated rings. The van der Waals surface area contributed by atoms with E-state index in [0.29, 0.717) is 28.5 Å². The normalized spacial score (nSPS) is 10.6. The van der Waals surface area contributed by atoms with Crippen LogP contribution in [0.1, 0.15) is 16.1 Å². The molecule has 3 aromatic rings. The van der Waals surface area contributed by atoms with Gasteiger partial charge in [0.15, 0.2) is 5.76 Å². The summed E-state index contributed by atoms with van der Waals surface area (Å²) in [7, 11) is 4.69. The third kappa shape index (κ3) is 3.10. The molecule has 6 heteroatoms. The molecule has 1 amide bonds. The van der Waals surface area contributed by atoms with Crippen LogP contribution in [0.3, 0.4) is 0 Å². The van der Waals surface area contributed by atoms with Crippen molar-refractivity contribution in [2.45, 2.75) is 6.92 Å². The highest BCUT2D eigenvalue weighted by Crippen LogP contribution is 2.32. The summed E-state index contributed by atoms with van der Waals surface area (Å²) >= 11 is 0. The Hall–Kier alpha value is -3.15. The maximum atomic E-state index is 12.7. The molecule has 2 aromatic carbocycles. The number of carbonyl (C=O) groups excluding carboxylic acids is 1. The molecule has 0 aliphatic rings. The van der Waals surface area contributed by atoms with E-state index >= 15 is 0 Å². The number of anilines is 1. The number of hydrogen-bond donors (Lipinski definition) is 1. The van der Waals surface area contributed by atoms with E-state index < -0.39 is 0 Å². The summed E-state index contributed by atoms with van der Waals surface area (Å²) in [5.74, 6) is 1.73. The Bertz CT molecular complexity index is 929. The molecule has 0 unspecified atom stereocenters. The smallest absolute Gasteiger partial charge is 0.291 e. The van der Waals surface area contributed by atoms with E-state index in [2.05, 4.69) is 5.32 Å². The summed E-state index contributed by atoms with van der Waals surface area (Å²) < 4.78 is 21.4. The number of benzene rings is 2. The number of ether oxygens (including phenoxy) is 3. The summed E-state index contributed by atoms with van der Waals surface area (Å²) in [5.41, 5.74) is 1.87. The lowest BCUT2D eigenvalue weighted by Gasteiger charge is -2.11. The Balaban J connectivity index is 1.96. The highest BCUT2D eigenvalue weighted by atomic mass is 16.5. The van der Waals surface area contributed by atoms with Gasteiger partial charge in [-0.3, -0.25) is 4.79 Å². The van der Waals surface area contributed by atoms with Gasteiger partial charge in [-0.05, 0) is 37.3 Å². The van der Waals surface area contributed by atoms with Gasteiger partial charge in [0.1, 0.15) is 22.8 Å². The van der Waals surface area contributed by atoms with Crippen LogP contribution in [0.25, 0.3) is 11.0 Å². The molecule has 0 radical (unpaired) electrons. The van der Waals surface area contributed by atoms with Crippen molar-refractivity contribution in [3.05, 3.63) is 47.7 Å². The second-order valence-electron chi connectivity index (χ2n) is 5.44. The lowest BCUT2D eigenvalue weighted by Crippen LogP contribution is -2.13. The Kier molecular flexibility index (Phi) is 4.52. The van der Waals surface area contributed by atoms with Crippen LogP contribution in [0.5, 0.6) is 17.2 Å². The van der Waals surface area contributed by atoms with Gasteiger partial charge >= 0.3 is 0 Å². The third-order valence-electron chi connectivity index (χ3n) is 4.00. The van der Waals surface area contributed by atoms with Crippen molar-refractivity contribution in [3.63, 3.8) is 0 Å². The molecule has 0 atom stereocenters. The first-order chi connectivity index (χ1) is 12.1. The van der Waals surface area contributed by atoms with Crippen LogP contribution >= 0.6 is 0 Å². The predicted octanol–water partition coefficient (Wildman–Crippen LogP) is 4.02. The minimum atomic E-state index is -0.362. The molecule has 1 N–H and O–H groups in total. The highest BCUT2D eigenvalue weighted by molar-refractivity contribution is 6.07. The van der Waals surface area contributed by atoms with Gasteiger partial charge in [-0.1, -0.05) is 0 Å². The van der Waals surface area contributed by atoms with E-state index in [4.69, 9.17) is 18.6 Å². The zero-order valence-electron chi connectivity index (χ0n) is 14.5. The zero-order chi connectivity index (χ0) is 18.0.